The monoisotopic (exact) mass is 599 g/mol. The Bertz CT molecular complexity index is 1510. The Morgan fingerprint density at radius 3 is 2.26 bits per heavy atom. The molecule has 0 aliphatic heterocycles. The van der Waals surface area contributed by atoms with Crippen LogP contribution in [0.3, 0.4) is 0 Å². The Kier molecular flexibility index (Phi) is 9.72. The molecule has 0 aromatic heterocycles. The molecule has 4 rings (SSSR count). The van der Waals surface area contributed by atoms with Crippen molar-refractivity contribution in [3.8, 4) is 0 Å². The van der Waals surface area contributed by atoms with Crippen molar-refractivity contribution < 1.29 is 14.4 Å². The average Bonchev–Trinajstić information content (AvgIpc) is 2.94. The number of carbonyl (C=O) groups excluding carboxylic acids is 3. The van der Waals surface area contributed by atoms with Crippen molar-refractivity contribution in [3.05, 3.63) is 130 Å². The highest BCUT2D eigenvalue weighted by molar-refractivity contribution is 9.10. The van der Waals surface area contributed by atoms with E-state index in [1.165, 1.54) is 11.8 Å². The molecular formula is C31H26BrN3O3S. The Hall–Kier alpha value is -4.14. The lowest BCUT2D eigenvalue weighted by atomic mass is 10.1. The lowest BCUT2D eigenvalue weighted by Crippen LogP contribution is -2.30. The van der Waals surface area contributed by atoms with Crippen LogP contribution < -0.4 is 16.0 Å². The van der Waals surface area contributed by atoms with Crippen LogP contribution in [0.1, 0.15) is 21.5 Å². The van der Waals surface area contributed by atoms with Gasteiger partial charge in [-0.1, -0.05) is 64.5 Å². The summed E-state index contributed by atoms with van der Waals surface area (Å²) in [5.74, 6) is -0.686. The number of halogens is 1. The quantitative estimate of drug-likeness (QED) is 0.144. The van der Waals surface area contributed by atoms with Gasteiger partial charge in [0, 0.05) is 26.3 Å². The molecule has 0 fully saturated rings. The number of amides is 3. The summed E-state index contributed by atoms with van der Waals surface area (Å²) in [6, 6.07) is 30.9. The molecule has 0 aliphatic rings. The summed E-state index contributed by atoms with van der Waals surface area (Å²) >= 11 is 4.83. The van der Waals surface area contributed by atoms with E-state index in [0.29, 0.717) is 11.3 Å². The minimum absolute atomic E-state index is 0.0943. The summed E-state index contributed by atoms with van der Waals surface area (Å²) in [6.45, 7) is 1.95. The molecule has 3 amide bonds. The van der Waals surface area contributed by atoms with Gasteiger partial charge in [0.15, 0.2) is 0 Å². The molecule has 0 bridgehead atoms. The van der Waals surface area contributed by atoms with Gasteiger partial charge in [-0.15, -0.1) is 11.8 Å². The predicted molar refractivity (Wildman–Crippen MR) is 162 cm³/mol. The smallest absolute Gasteiger partial charge is 0.272 e. The molecule has 0 radical (unpaired) electrons. The maximum absolute atomic E-state index is 13.2. The third-order valence-corrected chi connectivity index (χ3v) is 7.10. The van der Waals surface area contributed by atoms with Crippen molar-refractivity contribution in [2.75, 3.05) is 16.4 Å². The number of para-hydroxylation sites is 1. The van der Waals surface area contributed by atoms with E-state index < -0.39 is 5.91 Å². The molecule has 4 aromatic carbocycles. The lowest BCUT2D eigenvalue weighted by molar-refractivity contribution is -0.114. The molecule has 6 nitrogen and oxygen atoms in total. The fourth-order valence-corrected chi connectivity index (χ4v) is 4.70. The van der Waals surface area contributed by atoms with E-state index in [4.69, 9.17) is 0 Å². The summed E-state index contributed by atoms with van der Waals surface area (Å²) in [6.07, 6.45) is 1.62. The average molecular weight is 601 g/mol. The van der Waals surface area contributed by atoms with Gasteiger partial charge in [0.1, 0.15) is 5.70 Å². The fraction of sp³-hybridized carbons (Fsp3) is 0.0645. The fourth-order valence-electron chi connectivity index (χ4n) is 3.59. The molecule has 39 heavy (non-hydrogen) atoms. The molecule has 0 spiro atoms. The molecule has 196 valence electrons. The zero-order valence-corrected chi connectivity index (χ0v) is 23.5. The highest BCUT2D eigenvalue weighted by atomic mass is 79.9. The number of anilines is 2. The van der Waals surface area contributed by atoms with E-state index >= 15 is 0 Å². The lowest BCUT2D eigenvalue weighted by Gasteiger charge is -2.12. The number of rotatable bonds is 9. The van der Waals surface area contributed by atoms with Gasteiger partial charge < -0.3 is 16.0 Å². The predicted octanol–water partition coefficient (Wildman–Crippen LogP) is 6.90. The van der Waals surface area contributed by atoms with E-state index in [0.717, 1.165) is 26.2 Å². The normalized spacial score (nSPS) is 11.0. The first kappa shape index (κ1) is 27.9. The minimum Gasteiger partial charge on any atom is -0.325 e. The summed E-state index contributed by atoms with van der Waals surface area (Å²) in [4.78, 5) is 39.2. The minimum atomic E-state index is -0.461. The topological polar surface area (TPSA) is 87.3 Å². The Balaban J connectivity index is 1.41. The molecule has 8 heteroatoms. The maximum Gasteiger partial charge on any atom is 0.272 e. The van der Waals surface area contributed by atoms with E-state index in [9.17, 15) is 14.4 Å². The second kappa shape index (κ2) is 13.6. The van der Waals surface area contributed by atoms with E-state index in [1.807, 2.05) is 73.7 Å². The van der Waals surface area contributed by atoms with Crippen molar-refractivity contribution in [2.45, 2.75) is 11.8 Å². The number of hydrogen-bond acceptors (Lipinski definition) is 4. The zero-order valence-electron chi connectivity index (χ0n) is 21.1. The van der Waals surface area contributed by atoms with Gasteiger partial charge in [-0.05, 0) is 78.7 Å². The summed E-state index contributed by atoms with van der Waals surface area (Å²) in [5.41, 5.74) is 3.66. The Morgan fingerprint density at radius 2 is 1.54 bits per heavy atom. The highest BCUT2D eigenvalue weighted by Gasteiger charge is 2.15. The number of thioether (sulfide) groups is 1. The van der Waals surface area contributed by atoms with Crippen LogP contribution in [-0.2, 0) is 9.59 Å². The third-order valence-electron chi connectivity index (χ3n) is 5.59. The second-order valence-corrected chi connectivity index (χ2v) is 10.5. The molecule has 0 aliphatic carbocycles. The van der Waals surface area contributed by atoms with Gasteiger partial charge in [-0.3, -0.25) is 14.4 Å². The first-order chi connectivity index (χ1) is 18.9. The van der Waals surface area contributed by atoms with Crippen molar-refractivity contribution >= 4 is 62.9 Å². The number of hydrogen-bond donors (Lipinski definition) is 3. The van der Waals surface area contributed by atoms with E-state index in [1.54, 1.807) is 42.5 Å². The molecule has 4 aromatic rings. The number of nitrogens with one attached hydrogen (secondary N) is 3. The third kappa shape index (κ3) is 8.43. The molecule has 0 unspecified atom stereocenters. The number of carbonyl (C=O) groups is 3. The summed E-state index contributed by atoms with van der Waals surface area (Å²) < 4.78 is 0.853. The highest BCUT2D eigenvalue weighted by Crippen LogP contribution is 2.22. The van der Waals surface area contributed by atoms with Crippen LogP contribution >= 0.6 is 27.7 Å². The summed E-state index contributed by atoms with van der Waals surface area (Å²) in [5, 5.41) is 8.50. The van der Waals surface area contributed by atoms with Crippen LogP contribution in [-0.4, -0.2) is 23.5 Å². The molecule has 0 saturated carbocycles. The first-order valence-corrected chi connectivity index (χ1v) is 13.9. The Labute approximate surface area is 240 Å². The maximum atomic E-state index is 13.2. The van der Waals surface area contributed by atoms with Crippen LogP contribution in [0.2, 0.25) is 0 Å². The van der Waals surface area contributed by atoms with Gasteiger partial charge >= 0.3 is 0 Å². The SMILES string of the molecule is Cc1ccccc1NC(=O)CSc1ccc(NC(=O)/C(=C/c2cccc(Br)c2)NC(=O)c2ccccc2)cc1. The molecule has 0 atom stereocenters. The van der Waals surface area contributed by atoms with Crippen LogP contribution in [0.15, 0.2) is 118 Å². The molecule has 3 N–H and O–H groups in total. The number of aryl methyl sites for hydroxylation is 1. The van der Waals surface area contributed by atoms with Crippen molar-refractivity contribution in [2.24, 2.45) is 0 Å². The molecular weight excluding hydrogens is 574 g/mol. The molecule has 0 saturated heterocycles. The van der Waals surface area contributed by atoms with Gasteiger partial charge in [-0.25, -0.2) is 0 Å². The van der Waals surface area contributed by atoms with Crippen molar-refractivity contribution in [1.82, 2.24) is 5.32 Å². The zero-order chi connectivity index (χ0) is 27.6. The first-order valence-electron chi connectivity index (χ1n) is 12.1. The second-order valence-electron chi connectivity index (χ2n) is 8.56. The molecule has 0 heterocycles. The van der Waals surface area contributed by atoms with Gasteiger partial charge in [0.2, 0.25) is 5.91 Å². The van der Waals surface area contributed by atoms with Gasteiger partial charge in [0.25, 0.3) is 11.8 Å². The van der Waals surface area contributed by atoms with Crippen LogP contribution in [0.4, 0.5) is 11.4 Å². The summed E-state index contributed by atoms with van der Waals surface area (Å²) in [7, 11) is 0. The number of benzene rings is 4. The van der Waals surface area contributed by atoms with Crippen LogP contribution in [0, 0.1) is 6.92 Å². The van der Waals surface area contributed by atoms with Gasteiger partial charge in [0.05, 0.1) is 5.75 Å². The van der Waals surface area contributed by atoms with E-state index in [2.05, 4.69) is 31.9 Å². The standard InChI is InChI=1S/C31H26BrN3O3S/c1-21-8-5-6-13-27(21)34-29(36)20-39-26-16-14-25(15-17-26)33-31(38)28(19-22-9-7-12-24(32)18-22)35-30(37)23-10-3-2-4-11-23/h2-19H,20H2,1H3,(H,33,38)(H,34,36)(H,35,37)/b28-19-. The van der Waals surface area contributed by atoms with Crippen LogP contribution in [0.5, 0.6) is 0 Å². The van der Waals surface area contributed by atoms with Gasteiger partial charge in [-0.2, -0.15) is 0 Å². The van der Waals surface area contributed by atoms with Crippen molar-refractivity contribution in [3.63, 3.8) is 0 Å². The van der Waals surface area contributed by atoms with Crippen LogP contribution in [0.25, 0.3) is 6.08 Å². The van der Waals surface area contributed by atoms with E-state index in [-0.39, 0.29) is 23.3 Å². The van der Waals surface area contributed by atoms with Crippen molar-refractivity contribution in [1.29, 1.82) is 0 Å². The largest absolute Gasteiger partial charge is 0.325 e. The Morgan fingerprint density at radius 1 is 0.821 bits per heavy atom.